The van der Waals surface area contributed by atoms with Gasteiger partial charge in [0.05, 0.1) is 4.90 Å². The van der Waals surface area contributed by atoms with Crippen LogP contribution in [0.4, 0.5) is 0 Å². The number of hydrogen-bond donors (Lipinski definition) is 0. The van der Waals surface area contributed by atoms with Gasteiger partial charge in [-0.25, -0.2) is 22.5 Å². The molecular formula is C16H14N2O4S2. The zero-order valence-corrected chi connectivity index (χ0v) is 14.6. The van der Waals surface area contributed by atoms with Crippen molar-refractivity contribution in [3.05, 3.63) is 57.9 Å². The van der Waals surface area contributed by atoms with Crippen molar-refractivity contribution in [2.75, 3.05) is 14.1 Å². The summed E-state index contributed by atoms with van der Waals surface area (Å²) in [5, 5.41) is 1.90. The topological polar surface area (TPSA) is 76.0 Å². The molecule has 2 aromatic rings. The number of thiophene rings is 1. The van der Waals surface area contributed by atoms with Gasteiger partial charge in [-0.05, 0) is 35.7 Å². The SMILES string of the molecule is CN(C)S(=O)(=O)c1cccc(C2=N/C(=C/c3cccs3)C(=O)O2)c1. The molecular weight excluding hydrogens is 348 g/mol. The molecule has 0 saturated carbocycles. The van der Waals surface area contributed by atoms with Crippen molar-refractivity contribution >= 4 is 39.3 Å². The van der Waals surface area contributed by atoms with Crippen molar-refractivity contribution in [2.45, 2.75) is 4.90 Å². The molecule has 0 saturated heterocycles. The lowest BCUT2D eigenvalue weighted by Gasteiger charge is -2.11. The molecule has 124 valence electrons. The first kappa shape index (κ1) is 16.6. The van der Waals surface area contributed by atoms with Gasteiger partial charge >= 0.3 is 5.97 Å². The van der Waals surface area contributed by atoms with E-state index >= 15 is 0 Å². The summed E-state index contributed by atoms with van der Waals surface area (Å²) in [7, 11) is -0.661. The molecule has 1 aromatic heterocycles. The summed E-state index contributed by atoms with van der Waals surface area (Å²) in [6.07, 6.45) is 1.64. The molecule has 0 amide bonds. The lowest BCUT2D eigenvalue weighted by molar-refractivity contribution is -0.129. The number of ether oxygens (including phenoxy) is 1. The lowest BCUT2D eigenvalue weighted by atomic mass is 10.2. The van der Waals surface area contributed by atoms with Crippen LogP contribution in [0.3, 0.4) is 0 Å². The van der Waals surface area contributed by atoms with Crippen molar-refractivity contribution in [3.8, 4) is 0 Å². The molecule has 0 N–H and O–H groups in total. The van der Waals surface area contributed by atoms with Gasteiger partial charge in [0.15, 0.2) is 5.70 Å². The van der Waals surface area contributed by atoms with Crippen molar-refractivity contribution in [3.63, 3.8) is 0 Å². The number of rotatable bonds is 4. The van der Waals surface area contributed by atoms with Gasteiger partial charge in [0.25, 0.3) is 0 Å². The Morgan fingerprint density at radius 3 is 2.67 bits per heavy atom. The van der Waals surface area contributed by atoms with E-state index in [4.69, 9.17) is 4.74 Å². The summed E-state index contributed by atoms with van der Waals surface area (Å²) < 4.78 is 30.7. The van der Waals surface area contributed by atoms with Gasteiger partial charge in [0.2, 0.25) is 15.9 Å². The number of cyclic esters (lactones) is 1. The van der Waals surface area contributed by atoms with Crippen molar-refractivity contribution in [1.82, 2.24) is 4.31 Å². The van der Waals surface area contributed by atoms with Crippen LogP contribution in [0, 0.1) is 0 Å². The Balaban J connectivity index is 1.97. The minimum atomic E-state index is -3.57. The smallest absolute Gasteiger partial charge is 0.363 e. The van der Waals surface area contributed by atoms with Crippen LogP contribution in [-0.4, -0.2) is 38.7 Å². The Morgan fingerprint density at radius 2 is 2.00 bits per heavy atom. The summed E-state index contributed by atoms with van der Waals surface area (Å²) in [5.74, 6) is -0.460. The molecule has 1 aliphatic rings. The number of carbonyl (C=O) groups excluding carboxylic acids is 1. The normalized spacial score (nSPS) is 16.5. The molecule has 0 fully saturated rings. The fourth-order valence-corrected chi connectivity index (χ4v) is 3.64. The van der Waals surface area contributed by atoms with Gasteiger partial charge in [-0.15, -0.1) is 11.3 Å². The van der Waals surface area contributed by atoms with Crippen LogP contribution in [0.1, 0.15) is 10.4 Å². The van der Waals surface area contributed by atoms with E-state index in [0.29, 0.717) is 5.56 Å². The highest BCUT2D eigenvalue weighted by atomic mass is 32.2. The molecule has 1 aromatic carbocycles. The molecule has 0 unspecified atom stereocenters. The summed E-state index contributed by atoms with van der Waals surface area (Å²) in [4.78, 5) is 17.1. The maximum atomic E-state index is 12.2. The van der Waals surface area contributed by atoms with Gasteiger partial charge in [-0.2, -0.15) is 0 Å². The van der Waals surface area contributed by atoms with E-state index in [0.717, 1.165) is 9.18 Å². The number of aliphatic imine (C=N–C) groups is 1. The van der Waals surface area contributed by atoms with Crippen LogP contribution in [0.15, 0.2) is 57.4 Å². The third kappa shape index (κ3) is 3.16. The third-order valence-electron chi connectivity index (χ3n) is 3.30. The van der Waals surface area contributed by atoms with Gasteiger partial charge in [0, 0.05) is 24.5 Å². The first-order valence-electron chi connectivity index (χ1n) is 6.97. The van der Waals surface area contributed by atoms with Crippen molar-refractivity contribution in [1.29, 1.82) is 0 Å². The summed E-state index contributed by atoms with van der Waals surface area (Å²) in [5.41, 5.74) is 0.620. The minimum absolute atomic E-state index is 0.0959. The number of carbonyl (C=O) groups is 1. The maximum absolute atomic E-state index is 12.2. The van der Waals surface area contributed by atoms with E-state index in [2.05, 4.69) is 4.99 Å². The summed E-state index contributed by atoms with van der Waals surface area (Å²) in [6, 6.07) is 9.90. The number of sulfonamides is 1. The zero-order chi connectivity index (χ0) is 17.3. The van der Waals surface area contributed by atoms with Crippen LogP contribution in [-0.2, 0) is 19.6 Å². The Morgan fingerprint density at radius 1 is 1.21 bits per heavy atom. The molecule has 0 radical (unpaired) electrons. The first-order chi connectivity index (χ1) is 11.4. The number of nitrogens with zero attached hydrogens (tertiary/aromatic N) is 2. The van der Waals surface area contributed by atoms with Crippen LogP contribution in [0.2, 0.25) is 0 Å². The van der Waals surface area contributed by atoms with Crippen molar-refractivity contribution < 1.29 is 17.9 Å². The average Bonchev–Trinajstić information content (AvgIpc) is 3.18. The highest BCUT2D eigenvalue weighted by molar-refractivity contribution is 7.89. The minimum Gasteiger partial charge on any atom is -0.402 e. The molecule has 8 heteroatoms. The molecule has 2 heterocycles. The molecule has 3 rings (SSSR count). The molecule has 0 aliphatic carbocycles. The third-order valence-corrected chi connectivity index (χ3v) is 5.93. The quantitative estimate of drug-likeness (QED) is 0.618. The van der Waals surface area contributed by atoms with E-state index in [1.165, 1.54) is 37.6 Å². The van der Waals surface area contributed by atoms with Crippen LogP contribution >= 0.6 is 11.3 Å². The van der Waals surface area contributed by atoms with Crippen LogP contribution in [0.5, 0.6) is 0 Å². The Kier molecular flexibility index (Phi) is 4.35. The fraction of sp³-hybridized carbons (Fsp3) is 0.125. The molecule has 0 atom stereocenters. The molecule has 0 spiro atoms. The van der Waals surface area contributed by atoms with Crippen LogP contribution < -0.4 is 0 Å². The molecule has 1 aliphatic heterocycles. The lowest BCUT2D eigenvalue weighted by Crippen LogP contribution is -2.22. The Bertz CT molecular complexity index is 942. The van der Waals surface area contributed by atoms with Gasteiger partial charge in [-0.3, -0.25) is 0 Å². The second-order valence-corrected chi connectivity index (χ2v) is 8.30. The Labute approximate surface area is 143 Å². The monoisotopic (exact) mass is 362 g/mol. The number of hydrogen-bond acceptors (Lipinski definition) is 6. The van der Waals surface area contributed by atoms with Crippen LogP contribution in [0.25, 0.3) is 6.08 Å². The highest BCUT2D eigenvalue weighted by Crippen LogP contribution is 2.23. The molecule has 24 heavy (non-hydrogen) atoms. The second-order valence-electron chi connectivity index (χ2n) is 5.17. The fourth-order valence-electron chi connectivity index (χ4n) is 2.04. The standard InChI is InChI=1S/C16H14N2O4S2/c1-18(2)24(20,21)13-7-3-5-11(9-13)15-17-14(16(19)22-15)10-12-6-4-8-23-12/h3-10H,1-2H3/b14-10+. The average molecular weight is 362 g/mol. The van der Waals surface area contributed by atoms with E-state index in [1.807, 2.05) is 17.5 Å². The van der Waals surface area contributed by atoms with E-state index in [9.17, 15) is 13.2 Å². The largest absolute Gasteiger partial charge is 0.402 e. The second kappa shape index (κ2) is 6.31. The van der Waals surface area contributed by atoms with E-state index in [1.54, 1.807) is 18.2 Å². The number of esters is 1. The van der Waals surface area contributed by atoms with Gasteiger partial charge in [-0.1, -0.05) is 12.1 Å². The first-order valence-corrected chi connectivity index (χ1v) is 9.29. The highest BCUT2D eigenvalue weighted by Gasteiger charge is 2.26. The van der Waals surface area contributed by atoms with Gasteiger partial charge < -0.3 is 4.74 Å². The number of benzene rings is 1. The summed E-state index contributed by atoms with van der Waals surface area (Å²) in [6.45, 7) is 0. The molecule has 0 bridgehead atoms. The zero-order valence-electron chi connectivity index (χ0n) is 13.0. The Hall–Kier alpha value is -2.29. The van der Waals surface area contributed by atoms with Gasteiger partial charge in [0.1, 0.15) is 0 Å². The molecule has 6 nitrogen and oxygen atoms in total. The predicted octanol–water partition coefficient (Wildman–Crippen LogP) is 2.34. The van der Waals surface area contributed by atoms with E-state index in [-0.39, 0.29) is 16.5 Å². The predicted molar refractivity (Wildman–Crippen MR) is 92.2 cm³/mol. The summed E-state index contributed by atoms with van der Waals surface area (Å²) >= 11 is 1.48. The van der Waals surface area contributed by atoms with Crippen molar-refractivity contribution in [2.24, 2.45) is 4.99 Å². The van der Waals surface area contributed by atoms with E-state index < -0.39 is 16.0 Å². The maximum Gasteiger partial charge on any atom is 0.363 e.